The van der Waals surface area contributed by atoms with Crippen LogP contribution in [0.1, 0.15) is 15.9 Å². The molecule has 0 saturated heterocycles. The summed E-state index contributed by atoms with van der Waals surface area (Å²) in [4.78, 5) is 24.8. The van der Waals surface area contributed by atoms with Gasteiger partial charge in [-0.1, -0.05) is 52.9 Å². The van der Waals surface area contributed by atoms with Gasteiger partial charge >= 0.3 is 0 Å². The summed E-state index contributed by atoms with van der Waals surface area (Å²) in [5.74, 6) is 0.674. The predicted octanol–water partition coefficient (Wildman–Crippen LogP) is 3.88. The van der Waals surface area contributed by atoms with E-state index in [0.29, 0.717) is 43.9 Å². The van der Waals surface area contributed by atoms with Crippen LogP contribution in [0.5, 0.6) is 17.2 Å². The van der Waals surface area contributed by atoms with Crippen LogP contribution < -0.4 is 24.8 Å². The molecule has 0 unspecified atom stereocenters. The van der Waals surface area contributed by atoms with Crippen molar-refractivity contribution < 1.29 is 23.8 Å². The molecule has 9 nitrogen and oxygen atoms in total. The van der Waals surface area contributed by atoms with Crippen LogP contribution in [0.2, 0.25) is 5.02 Å². The zero-order valence-electron chi connectivity index (χ0n) is 18.0. The lowest BCUT2D eigenvalue weighted by molar-refractivity contribution is -0.118. The van der Waals surface area contributed by atoms with Crippen LogP contribution in [0.3, 0.4) is 0 Å². The number of benzene rings is 2. The van der Waals surface area contributed by atoms with Crippen LogP contribution in [-0.2, 0) is 11.3 Å². The number of nitrogens with one attached hydrogen (secondary N) is 2. The fraction of sp³-hybridized carbons (Fsp3) is 0.238. The minimum atomic E-state index is -0.417. The molecule has 0 fully saturated rings. The minimum Gasteiger partial charge on any atom is -0.493 e. The third-order valence-corrected chi connectivity index (χ3v) is 6.66. The summed E-state index contributed by atoms with van der Waals surface area (Å²) in [7, 11) is 4.42. The number of nitrogens with zero attached hydrogens (tertiary/aromatic N) is 2. The Kier molecular flexibility index (Phi) is 8.75. The van der Waals surface area contributed by atoms with Gasteiger partial charge in [0.05, 0.1) is 27.1 Å². The molecule has 0 spiro atoms. The average Bonchev–Trinajstić information content (AvgIpc) is 3.28. The highest BCUT2D eigenvalue weighted by Crippen LogP contribution is 2.38. The molecule has 2 aromatic carbocycles. The second-order valence-electron chi connectivity index (χ2n) is 6.40. The molecule has 1 aromatic heterocycles. The lowest BCUT2D eigenvalue weighted by Crippen LogP contribution is -2.24. The van der Waals surface area contributed by atoms with E-state index < -0.39 is 5.91 Å². The van der Waals surface area contributed by atoms with E-state index in [2.05, 4.69) is 20.8 Å². The highest BCUT2D eigenvalue weighted by Gasteiger charge is 2.18. The van der Waals surface area contributed by atoms with Crippen molar-refractivity contribution in [2.45, 2.75) is 10.9 Å². The number of anilines is 1. The van der Waals surface area contributed by atoms with Crippen LogP contribution >= 0.6 is 34.7 Å². The lowest BCUT2D eigenvalue weighted by Gasteiger charge is -2.13. The fourth-order valence-corrected chi connectivity index (χ4v) is 4.49. The van der Waals surface area contributed by atoms with Gasteiger partial charge in [0.15, 0.2) is 15.8 Å². The number of hydrogen-bond acceptors (Lipinski definition) is 9. The van der Waals surface area contributed by atoms with Gasteiger partial charge in [0, 0.05) is 17.1 Å². The second kappa shape index (κ2) is 11.7. The number of thioether (sulfide) groups is 1. The van der Waals surface area contributed by atoms with E-state index in [9.17, 15) is 9.59 Å². The second-order valence-corrected chi connectivity index (χ2v) is 9.01. The Morgan fingerprint density at radius 1 is 1.06 bits per heavy atom. The molecular formula is C21H21ClN4O5S2. The molecule has 0 atom stereocenters. The van der Waals surface area contributed by atoms with Crippen molar-refractivity contribution in [2.24, 2.45) is 0 Å². The molecule has 12 heteroatoms. The molecule has 3 rings (SSSR count). The largest absolute Gasteiger partial charge is 0.493 e. The standard InChI is InChI=1S/C21H21ClN4O5S2/c1-29-15-8-13(9-16(30-2)18(15)31-3)19(28)24-20-25-26-21(33-20)32-11-17(27)23-10-12-6-4-5-7-14(12)22/h4-9H,10-11H2,1-3H3,(H,23,27)(H,24,25,28). The number of hydrogen-bond donors (Lipinski definition) is 2. The van der Waals surface area contributed by atoms with Crippen LogP contribution in [0.25, 0.3) is 0 Å². The first-order valence-corrected chi connectivity index (χ1v) is 11.7. The predicted molar refractivity (Wildman–Crippen MR) is 128 cm³/mol. The highest BCUT2D eigenvalue weighted by molar-refractivity contribution is 8.01. The van der Waals surface area contributed by atoms with E-state index in [0.717, 1.165) is 16.9 Å². The van der Waals surface area contributed by atoms with E-state index >= 15 is 0 Å². The number of rotatable bonds is 10. The Balaban J connectivity index is 1.55. The molecule has 0 bridgehead atoms. The summed E-state index contributed by atoms with van der Waals surface area (Å²) in [6.45, 7) is 0.339. The Morgan fingerprint density at radius 3 is 2.39 bits per heavy atom. The third-order valence-electron chi connectivity index (χ3n) is 4.31. The molecule has 2 N–H and O–H groups in total. The fourth-order valence-electron chi connectivity index (χ4n) is 2.71. The van der Waals surface area contributed by atoms with Gasteiger partial charge in [0.25, 0.3) is 5.91 Å². The average molecular weight is 509 g/mol. The molecule has 0 saturated carbocycles. The SMILES string of the molecule is COc1cc(C(=O)Nc2nnc(SCC(=O)NCc3ccccc3Cl)s2)cc(OC)c1OC. The Hall–Kier alpha value is -3.02. The van der Waals surface area contributed by atoms with E-state index in [1.807, 2.05) is 18.2 Å². The normalized spacial score (nSPS) is 10.4. The van der Waals surface area contributed by atoms with Gasteiger partial charge in [-0.2, -0.15) is 0 Å². The Morgan fingerprint density at radius 2 is 1.76 bits per heavy atom. The summed E-state index contributed by atoms with van der Waals surface area (Å²) in [6.07, 6.45) is 0. The molecule has 0 aliphatic carbocycles. The van der Waals surface area contributed by atoms with Crippen LogP contribution in [-0.4, -0.2) is 49.1 Å². The molecule has 0 aliphatic rings. The number of carbonyl (C=O) groups excluding carboxylic acids is 2. The topological polar surface area (TPSA) is 112 Å². The smallest absolute Gasteiger partial charge is 0.257 e. The van der Waals surface area contributed by atoms with Gasteiger partial charge in [-0.25, -0.2) is 0 Å². The molecule has 0 aliphatic heterocycles. The minimum absolute atomic E-state index is 0.153. The number of amides is 2. The maximum Gasteiger partial charge on any atom is 0.257 e. The van der Waals surface area contributed by atoms with E-state index in [-0.39, 0.29) is 11.7 Å². The van der Waals surface area contributed by atoms with Crippen molar-refractivity contribution in [3.8, 4) is 17.2 Å². The first kappa shape index (κ1) is 24.6. The van der Waals surface area contributed by atoms with Gasteiger partial charge in [-0.05, 0) is 23.8 Å². The number of ether oxygens (including phenoxy) is 3. The summed E-state index contributed by atoms with van der Waals surface area (Å²) in [5.41, 5.74) is 1.14. The van der Waals surface area contributed by atoms with Crippen molar-refractivity contribution in [3.05, 3.63) is 52.5 Å². The number of aromatic nitrogens is 2. The molecule has 0 radical (unpaired) electrons. The van der Waals surface area contributed by atoms with E-state index in [4.69, 9.17) is 25.8 Å². The Bertz CT molecular complexity index is 1120. The van der Waals surface area contributed by atoms with Crippen molar-refractivity contribution in [2.75, 3.05) is 32.4 Å². The molecular weight excluding hydrogens is 488 g/mol. The van der Waals surface area contributed by atoms with Gasteiger partial charge < -0.3 is 19.5 Å². The summed E-state index contributed by atoms with van der Waals surface area (Å²) in [5, 5.41) is 14.4. The van der Waals surface area contributed by atoms with Crippen molar-refractivity contribution in [1.82, 2.24) is 15.5 Å². The van der Waals surface area contributed by atoms with Gasteiger partial charge in [-0.3, -0.25) is 14.9 Å². The molecule has 3 aromatic rings. The molecule has 174 valence electrons. The zero-order chi connectivity index (χ0) is 23.8. The van der Waals surface area contributed by atoms with Crippen molar-refractivity contribution in [1.29, 1.82) is 0 Å². The van der Waals surface area contributed by atoms with E-state index in [1.54, 1.807) is 6.07 Å². The van der Waals surface area contributed by atoms with Gasteiger partial charge in [-0.15, -0.1) is 10.2 Å². The van der Waals surface area contributed by atoms with Crippen LogP contribution in [0.4, 0.5) is 5.13 Å². The highest BCUT2D eigenvalue weighted by atomic mass is 35.5. The van der Waals surface area contributed by atoms with Gasteiger partial charge in [0.2, 0.25) is 16.8 Å². The molecule has 33 heavy (non-hydrogen) atoms. The first-order chi connectivity index (χ1) is 15.9. The van der Waals surface area contributed by atoms with Crippen LogP contribution in [0, 0.1) is 0 Å². The maximum absolute atomic E-state index is 12.7. The number of methoxy groups -OCH3 is 3. The lowest BCUT2D eigenvalue weighted by atomic mass is 10.1. The Labute approximate surface area is 203 Å². The van der Waals surface area contributed by atoms with E-state index in [1.165, 1.54) is 45.2 Å². The first-order valence-electron chi connectivity index (χ1n) is 9.53. The maximum atomic E-state index is 12.7. The molecule has 2 amide bonds. The summed E-state index contributed by atoms with van der Waals surface area (Å²) in [6, 6.07) is 10.4. The number of carbonyl (C=O) groups is 2. The van der Waals surface area contributed by atoms with Crippen LogP contribution in [0.15, 0.2) is 40.7 Å². The monoisotopic (exact) mass is 508 g/mol. The summed E-state index contributed by atoms with van der Waals surface area (Å²) < 4.78 is 16.4. The third kappa shape index (κ3) is 6.50. The zero-order valence-corrected chi connectivity index (χ0v) is 20.4. The van der Waals surface area contributed by atoms with Gasteiger partial charge in [0.1, 0.15) is 0 Å². The number of halogens is 1. The quantitative estimate of drug-likeness (QED) is 0.313. The van der Waals surface area contributed by atoms with Crippen molar-refractivity contribution >= 4 is 51.6 Å². The molecule has 1 heterocycles. The summed E-state index contributed by atoms with van der Waals surface area (Å²) >= 11 is 8.47. The van der Waals surface area contributed by atoms with Crippen molar-refractivity contribution in [3.63, 3.8) is 0 Å².